The summed E-state index contributed by atoms with van der Waals surface area (Å²) < 4.78 is 5.27. The van der Waals surface area contributed by atoms with Gasteiger partial charge in [0.05, 0.1) is 6.61 Å². The lowest BCUT2D eigenvalue weighted by molar-refractivity contribution is 0.0545. The minimum Gasteiger partial charge on any atom is -0.383 e. The van der Waals surface area contributed by atoms with E-state index in [1.807, 2.05) is 0 Å². The van der Waals surface area contributed by atoms with E-state index >= 15 is 0 Å². The molecule has 1 aliphatic rings. The molecule has 1 atom stereocenters. The average molecular weight is 256 g/mol. The molecule has 0 bridgehead atoms. The molecule has 1 N–H and O–H groups in total. The van der Waals surface area contributed by atoms with Crippen LogP contribution >= 0.6 is 0 Å². The number of nitrogens with one attached hydrogen (secondary N) is 1. The number of methoxy groups -OCH3 is 1. The van der Waals surface area contributed by atoms with Crippen LogP contribution in [0.15, 0.2) is 0 Å². The van der Waals surface area contributed by atoms with Crippen LogP contribution in [0.2, 0.25) is 0 Å². The van der Waals surface area contributed by atoms with E-state index < -0.39 is 0 Å². The van der Waals surface area contributed by atoms with E-state index in [-0.39, 0.29) is 0 Å². The molecule has 1 unspecified atom stereocenters. The first-order valence-electron chi connectivity index (χ1n) is 7.37. The normalized spacial score (nSPS) is 30.7. The quantitative estimate of drug-likeness (QED) is 0.757. The van der Waals surface area contributed by atoms with E-state index in [1.54, 1.807) is 7.11 Å². The second-order valence-electron chi connectivity index (χ2n) is 6.43. The van der Waals surface area contributed by atoms with Crippen molar-refractivity contribution in [2.45, 2.75) is 45.6 Å². The Labute approximate surface area is 113 Å². The van der Waals surface area contributed by atoms with Crippen molar-refractivity contribution >= 4 is 0 Å². The third-order valence-corrected chi connectivity index (χ3v) is 4.63. The third kappa shape index (κ3) is 4.52. The summed E-state index contributed by atoms with van der Waals surface area (Å²) in [6, 6.07) is 0.503. The highest BCUT2D eigenvalue weighted by Gasteiger charge is 2.35. The van der Waals surface area contributed by atoms with Gasteiger partial charge in [-0.1, -0.05) is 19.8 Å². The molecule has 0 heterocycles. The lowest BCUT2D eigenvalue weighted by Crippen LogP contribution is -2.47. The molecule has 108 valence electrons. The summed E-state index contributed by atoms with van der Waals surface area (Å²) in [7, 11) is 6.10. The van der Waals surface area contributed by atoms with Crippen molar-refractivity contribution in [1.82, 2.24) is 10.2 Å². The fourth-order valence-electron chi connectivity index (χ4n) is 3.19. The van der Waals surface area contributed by atoms with E-state index in [4.69, 9.17) is 4.74 Å². The van der Waals surface area contributed by atoms with E-state index in [1.165, 1.54) is 32.2 Å². The molecule has 1 fully saturated rings. The van der Waals surface area contributed by atoms with Crippen LogP contribution in [0.1, 0.15) is 39.5 Å². The maximum absolute atomic E-state index is 5.27. The molecule has 0 saturated heterocycles. The Kier molecular flexibility index (Phi) is 6.61. The number of rotatable bonds is 7. The van der Waals surface area contributed by atoms with Crippen molar-refractivity contribution in [1.29, 1.82) is 0 Å². The molecule has 0 spiro atoms. The number of ether oxygens (including phenoxy) is 1. The Hall–Kier alpha value is -0.120. The molecule has 0 aromatic heterocycles. The SMILES string of the molecule is CNCC1(CN(C)C(C)COC)CCC(C)CC1. The van der Waals surface area contributed by atoms with E-state index in [0.29, 0.717) is 11.5 Å². The molecule has 3 nitrogen and oxygen atoms in total. The fourth-order valence-corrected chi connectivity index (χ4v) is 3.19. The van der Waals surface area contributed by atoms with Crippen LogP contribution in [0.3, 0.4) is 0 Å². The Morgan fingerprint density at radius 3 is 2.50 bits per heavy atom. The maximum atomic E-state index is 5.27. The zero-order chi connectivity index (χ0) is 13.6. The highest BCUT2D eigenvalue weighted by atomic mass is 16.5. The number of nitrogens with zero attached hydrogens (tertiary/aromatic N) is 1. The zero-order valence-electron chi connectivity index (χ0n) is 13.0. The van der Waals surface area contributed by atoms with Crippen molar-refractivity contribution in [3.8, 4) is 0 Å². The first-order valence-corrected chi connectivity index (χ1v) is 7.37. The molecule has 1 aliphatic carbocycles. The van der Waals surface area contributed by atoms with Crippen molar-refractivity contribution in [2.75, 3.05) is 40.9 Å². The van der Waals surface area contributed by atoms with Crippen molar-refractivity contribution < 1.29 is 4.74 Å². The predicted octanol–water partition coefficient (Wildman–Crippen LogP) is 2.37. The molecule has 3 heteroatoms. The van der Waals surface area contributed by atoms with Crippen LogP contribution in [-0.2, 0) is 4.74 Å². The summed E-state index contributed by atoms with van der Waals surface area (Å²) in [6.45, 7) is 7.79. The predicted molar refractivity (Wildman–Crippen MR) is 78.0 cm³/mol. The molecule has 0 radical (unpaired) electrons. The average Bonchev–Trinajstić information content (AvgIpc) is 2.34. The Bertz CT molecular complexity index is 225. The van der Waals surface area contributed by atoms with Gasteiger partial charge >= 0.3 is 0 Å². The van der Waals surface area contributed by atoms with Crippen LogP contribution in [0, 0.1) is 11.3 Å². The number of likely N-dealkylation sites (N-methyl/N-ethyl adjacent to an activating group) is 1. The molecule has 1 rings (SSSR count). The summed E-state index contributed by atoms with van der Waals surface area (Å²) in [5.74, 6) is 0.914. The third-order valence-electron chi connectivity index (χ3n) is 4.63. The smallest absolute Gasteiger partial charge is 0.0615 e. The van der Waals surface area contributed by atoms with Gasteiger partial charge in [0.25, 0.3) is 0 Å². The van der Waals surface area contributed by atoms with Gasteiger partial charge < -0.3 is 15.0 Å². The molecule has 1 saturated carbocycles. The van der Waals surface area contributed by atoms with Crippen molar-refractivity contribution in [2.24, 2.45) is 11.3 Å². The van der Waals surface area contributed by atoms with Crippen LogP contribution < -0.4 is 5.32 Å². The lowest BCUT2D eigenvalue weighted by atomic mass is 9.70. The van der Waals surface area contributed by atoms with Gasteiger partial charge in [-0.2, -0.15) is 0 Å². The maximum Gasteiger partial charge on any atom is 0.0615 e. The van der Waals surface area contributed by atoms with Gasteiger partial charge in [0.2, 0.25) is 0 Å². The largest absolute Gasteiger partial charge is 0.383 e. The molecule has 0 aromatic carbocycles. The summed E-state index contributed by atoms with van der Waals surface area (Å²) >= 11 is 0. The van der Waals surface area contributed by atoms with Gasteiger partial charge in [-0.3, -0.25) is 0 Å². The van der Waals surface area contributed by atoms with Crippen LogP contribution in [-0.4, -0.2) is 51.8 Å². The molecule has 0 aromatic rings. The summed E-state index contributed by atoms with van der Waals surface area (Å²) in [5.41, 5.74) is 0.470. The van der Waals surface area contributed by atoms with Gasteiger partial charge in [-0.25, -0.2) is 0 Å². The van der Waals surface area contributed by atoms with E-state index in [9.17, 15) is 0 Å². The van der Waals surface area contributed by atoms with Gasteiger partial charge in [-0.05, 0) is 45.2 Å². The first-order chi connectivity index (χ1) is 8.53. The lowest BCUT2D eigenvalue weighted by Gasteiger charge is -2.43. The topological polar surface area (TPSA) is 24.5 Å². The van der Waals surface area contributed by atoms with Crippen LogP contribution in [0.5, 0.6) is 0 Å². The minimum atomic E-state index is 0.470. The van der Waals surface area contributed by atoms with Crippen molar-refractivity contribution in [3.63, 3.8) is 0 Å². The molecule has 0 amide bonds. The summed E-state index contributed by atoms with van der Waals surface area (Å²) in [6.07, 6.45) is 5.49. The van der Waals surface area contributed by atoms with E-state index in [2.05, 4.69) is 38.2 Å². The van der Waals surface area contributed by atoms with Gasteiger partial charge in [0.1, 0.15) is 0 Å². The monoisotopic (exact) mass is 256 g/mol. The highest BCUT2D eigenvalue weighted by Crippen LogP contribution is 2.39. The number of hydrogen-bond donors (Lipinski definition) is 1. The van der Waals surface area contributed by atoms with Crippen molar-refractivity contribution in [3.05, 3.63) is 0 Å². The standard InChI is InChI=1S/C15H32N2O/c1-13-6-8-15(9-7-13,11-16-3)12-17(4)14(2)10-18-5/h13-14,16H,6-12H2,1-5H3. The highest BCUT2D eigenvalue weighted by molar-refractivity contribution is 4.89. The minimum absolute atomic E-state index is 0.470. The molecular weight excluding hydrogens is 224 g/mol. The zero-order valence-corrected chi connectivity index (χ0v) is 13.0. The van der Waals surface area contributed by atoms with Crippen LogP contribution in [0.4, 0.5) is 0 Å². The Morgan fingerprint density at radius 1 is 1.39 bits per heavy atom. The Morgan fingerprint density at radius 2 is 2.00 bits per heavy atom. The second kappa shape index (κ2) is 7.46. The first kappa shape index (κ1) is 15.9. The van der Waals surface area contributed by atoms with E-state index in [0.717, 1.165) is 19.1 Å². The fraction of sp³-hybridized carbons (Fsp3) is 1.00. The molecule has 18 heavy (non-hydrogen) atoms. The Balaban J connectivity index is 2.56. The van der Waals surface area contributed by atoms with Gasteiger partial charge in [-0.15, -0.1) is 0 Å². The molecule has 0 aliphatic heterocycles. The van der Waals surface area contributed by atoms with Gasteiger partial charge in [0.15, 0.2) is 0 Å². The molecular formula is C15H32N2O. The number of hydrogen-bond acceptors (Lipinski definition) is 3. The van der Waals surface area contributed by atoms with Crippen LogP contribution in [0.25, 0.3) is 0 Å². The summed E-state index contributed by atoms with van der Waals surface area (Å²) in [5, 5.41) is 3.41. The summed E-state index contributed by atoms with van der Waals surface area (Å²) in [4.78, 5) is 2.47. The second-order valence-corrected chi connectivity index (χ2v) is 6.43. The van der Waals surface area contributed by atoms with Gasteiger partial charge in [0, 0.05) is 26.2 Å².